The van der Waals surface area contributed by atoms with Crippen molar-refractivity contribution in [3.63, 3.8) is 0 Å². The smallest absolute Gasteiger partial charge is 0.354 e. The van der Waals surface area contributed by atoms with E-state index in [-0.39, 0.29) is 5.56 Å². The van der Waals surface area contributed by atoms with Crippen molar-refractivity contribution in [1.29, 1.82) is 0 Å². The Morgan fingerprint density at radius 2 is 2.10 bits per heavy atom. The Morgan fingerprint density at radius 3 is 2.76 bits per heavy atom. The molecule has 7 heteroatoms. The molecule has 1 aromatic carbocycles. The molecule has 0 bridgehead atoms. The van der Waals surface area contributed by atoms with Gasteiger partial charge in [0.25, 0.3) is 0 Å². The highest BCUT2D eigenvalue weighted by Crippen LogP contribution is 2.20. The van der Waals surface area contributed by atoms with Crippen LogP contribution >= 0.6 is 11.6 Å². The van der Waals surface area contributed by atoms with Crippen molar-refractivity contribution >= 4 is 29.2 Å². The maximum Gasteiger partial charge on any atom is 0.354 e. The summed E-state index contributed by atoms with van der Waals surface area (Å²) in [6.45, 7) is 0.441. The molecule has 0 aliphatic rings. The minimum absolute atomic E-state index is 0.253. The van der Waals surface area contributed by atoms with Gasteiger partial charge >= 0.3 is 5.97 Å². The number of hydrogen-bond acceptors (Lipinski definition) is 4. The predicted octanol–water partition coefficient (Wildman–Crippen LogP) is 2.17. The van der Waals surface area contributed by atoms with Crippen molar-refractivity contribution in [1.82, 2.24) is 4.98 Å². The molecule has 0 spiro atoms. The summed E-state index contributed by atoms with van der Waals surface area (Å²) >= 11 is 5.88. The topological polar surface area (TPSA) is 97.2 Å². The highest BCUT2D eigenvalue weighted by Gasteiger charge is 2.09. The largest absolute Gasteiger partial charge is 0.464 e. The number of aromatic nitrogens is 1. The summed E-state index contributed by atoms with van der Waals surface area (Å²) in [7, 11) is 1.32. The number of benzene rings is 1. The second kappa shape index (κ2) is 6.32. The number of methoxy groups -OCH3 is 1. The molecular weight excluding hydrogens is 294 g/mol. The highest BCUT2D eigenvalue weighted by molar-refractivity contribution is 6.33. The van der Waals surface area contributed by atoms with Crippen molar-refractivity contribution in [2.45, 2.75) is 6.54 Å². The molecule has 0 aliphatic carbocycles. The first-order valence-electron chi connectivity index (χ1n) is 6.10. The van der Waals surface area contributed by atoms with E-state index in [1.807, 2.05) is 0 Å². The van der Waals surface area contributed by atoms with Crippen LogP contribution < -0.4 is 11.1 Å². The third-order valence-corrected chi connectivity index (χ3v) is 3.20. The predicted molar refractivity (Wildman–Crippen MR) is 79.4 cm³/mol. The molecule has 0 aliphatic heterocycles. The van der Waals surface area contributed by atoms with Gasteiger partial charge in [0.1, 0.15) is 5.69 Å². The number of nitrogens with one attached hydrogen (secondary N) is 2. The molecule has 2 rings (SSSR count). The van der Waals surface area contributed by atoms with E-state index >= 15 is 0 Å². The van der Waals surface area contributed by atoms with E-state index in [1.165, 1.54) is 7.11 Å². The second-order valence-electron chi connectivity index (χ2n) is 4.30. The number of H-pyrrole nitrogens is 1. The van der Waals surface area contributed by atoms with Gasteiger partial charge in [-0.3, -0.25) is 4.79 Å². The van der Waals surface area contributed by atoms with Gasteiger partial charge in [-0.05, 0) is 30.3 Å². The van der Waals surface area contributed by atoms with Crippen molar-refractivity contribution in [2.75, 3.05) is 12.4 Å². The number of anilines is 1. The molecule has 1 amide bonds. The summed E-state index contributed by atoms with van der Waals surface area (Å²) in [5.74, 6) is -1.01. The van der Waals surface area contributed by atoms with E-state index < -0.39 is 11.9 Å². The van der Waals surface area contributed by atoms with Crippen LogP contribution in [0.5, 0.6) is 0 Å². The van der Waals surface area contributed by atoms with Crippen LogP contribution in [0, 0.1) is 0 Å². The summed E-state index contributed by atoms with van der Waals surface area (Å²) in [4.78, 5) is 25.5. The number of halogens is 1. The third-order valence-electron chi connectivity index (χ3n) is 2.87. The van der Waals surface area contributed by atoms with Gasteiger partial charge in [0.05, 0.1) is 24.2 Å². The lowest BCUT2D eigenvalue weighted by Crippen LogP contribution is -2.12. The summed E-state index contributed by atoms with van der Waals surface area (Å²) in [6, 6.07) is 8.32. The molecular formula is C14H14ClN3O3. The van der Waals surface area contributed by atoms with E-state index in [9.17, 15) is 9.59 Å². The molecule has 0 saturated carbocycles. The lowest BCUT2D eigenvalue weighted by atomic mass is 10.2. The molecule has 110 valence electrons. The lowest BCUT2D eigenvalue weighted by Gasteiger charge is -2.07. The molecule has 1 aromatic heterocycles. The van der Waals surface area contributed by atoms with Crippen molar-refractivity contribution in [3.05, 3.63) is 52.3 Å². The van der Waals surface area contributed by atoms with Crippen LogP contribution in [0.15, 0.2) is 30.3 Å². The molecule has 6 nitrogen and oxygen atoms in total. The number of primary amides is 1. The Kier molecular flexibility index (Phi) is 4.49. The zero-order valence-electron chi connectivity index (χ0n) is 11.3. The van der Waals surface area contributed by atoms with Crippen molar-refractivity contribution in [3.8, 4) is 0 Å². The lowest BCUT2D eigenvalue weighted by molar-refractivity contribution is 0.0594. The Bertz CT molecular complexity index is 682. The number of amides is 1. The normalized spacial score (nSPS) is 10.2. The average Bonchev–Trinajstić information content (AvgIpc) is 2.94. The van der Waals surface area contributed by atoms with Crippen LogP contribution in [-0.4, -0.2) is 24.0 Å². The Balaban J connectivity index is 2.06. The van der Waals surface area contributed by atoms with Gasteiger partial charge in [0.2, 0.25) is 5.91 Å². The average molecular weight is 308 g/mol. The number of ether oxygens (including phenoxy) is 1. The molecule has 0 radical (unpaired) electrons. The van der Waals surface area contributed by atoms with Crippen LogP contribution in [0.3, 0.4) is 0 Å². The molecule has 21 heavy (non-hydrogen) atoms. The number of hydrogen-bond donors (Lipinski definition) is 3. The maximum atomic E-state index is 11.3. The fourth-order valence-electron chi connectivity index (χ4n) is 1.79. The molecule has 1 heterocycles. The van der Waals surface area contributed by atoms with Gasteiger partial charge in [-0.15, -0.1) is 0 Å². The number of rotatable bonds is 5. The monoisotopic (exact) mass is 307 g/mol. The Morgan fingerprint density at radius 1 is 1.33 bits per heavy atom. The minimum atomic E-state index is -0.587. The summed E-state index contributed by atoms with van der Waals surface area (Å²) in [6.07, 6.45) is 0. The first kappa shape index (κ1) is 14.9. The fourth-order valence-corrected chi connectivity index (χ4v) is 2.00. The van der Waals surface area contributed by atoms with E-state index in [4.69, 9.17) is 17.3 Å². The van der Waals surface area contributed by atoms with E-state index in [1.54, 1.807) is 30.3 Å². The van der Waals surface area contributed by atoms with Crippen LogP contribution in [0.1, 0.15) is 26.5 Å². The van der Waals surface area contributed by atoms with Gasteiger partial charge in [0, 0.05) is 11.4 Å². The van der Waals surface area contributed by atoms with Crippen LogP contribution in [0.25, 0.3) is 0 Å². The van der Waals surface area contributed by atoms with Gasteiger partial charge in [-0.2, -0.15) is 0 Å². The quantitative estimate of drug-likeness (QED) is 0.737. The second-order valence-corrected chi connectivity index (χ2v) is 4.71. The number of carbonyl (C=O) groups excluding carboxylic acids is 2. The third kappa shape index (κ3) is 3.55. The molecule has 0 unspecified atom stereocenters. The van der Waals surface area contributed by atoms with Crippen LogP contribution in [-0.2, 0) is 11.3 Å². The van der Waals surface area contributed by atoms with E-state index in [0.29, 0.717) is 22.9 Å². The van der Waals surface area contributed by atoms with Gasteiger partial charge in [-0.25, -0.2) is 4.79 Å². The van der Waals surface area contributed by atoms with Crippen molar-refractivity contribution in [2.24, 2.45) is 5.73 Å². The Hall–Kier alpha value is -2.47. The van der Waals surface area contributed by atoms with E-state index in [0.717, 1.165) is 5.69 Å². The molecule has 0 fully saturated rings. The standard InChI is InChI=1S/C14H14ClN3O3/c1-21-14(20)12-5-3-9(18-12)7-17-8-2-4-11(15)10(6-8)13(16)19/h2-6,17-18H,7H2,1H3,(H2,16,19). The summed E-state index contributed by atoms with van der Waals surface area (Å²) in [5.41, 5.74) is 7.36. The number of carbonyl (C=O) groups is 2. The molecule has 2 aromatic rings. The van der Waals surface area contributed by atoms with Gasteiger partial charge in [-0.1, -0.05) is 11.6 Å². The first-order valence-corrected chi connectivity index (χ1v) is 6.48. The van der Waals surface area contributed by atoms with E-state index in [2.05, 4.69) is 15.0 Å². The summed E-state index contributed by atoms with van der Waals surface area (Å²) < 4.78 is 4.61. The van der Waals surface area contributed by atoms with Gasteiger partial charge in [0.15, 0.2) is 0 Å². The van der Waals surface area contributed by atoms with Crippen LogP contribution in [0.2, 0.25) is 5.02 Å². The zero-order chi connectivity index (χ0) is 15.4. The van der Waals surface area contributed by atoms with Gasteiger partial charge < -0.3 is 20.8 Å². The maximum absolute atomic E-state index is 11.3. The zero-order valence-corrected chi connectivity index (χ0v) is 12.0. The number of esters is 1. The number of nitrogens with two attached hydrogens (primary N) is 1. The minimum Gasteiger partial charge on any atom is -0.464 e. The molecule has 0 saturated heterocycles. The van der Waals surface area contributed by atoms with Crippen molar-refractivity contribution < 1.29 is 14.3 Å². The number of aromatic amines is 1. The van der Waals surface area contributed by atoms with Crippen LogP contribution in [0.4, 0.5) is 5.69 Å². The molecule has 0 atom stereocenters. The first-order chi connectivity index (χ1) is 10.0. The molecule has 4 N–H and O–H groups in total. The summed E-state index contributed by atoms with van der Waals surface area (Å²) in [5, 5.41) is 3.41. The SMILES string of the molecule is COC(=O)c1ccc(CNc2ccc(Cl)c(C(N)=O)c2)[nH]1. The Labute approximate surface area is 126 Å². The fraction of sp³-hybridized carbons (Fsp3) is 0.143. The highest BCUT2D eigenvalue weighted by atomic mass is 35.5.